The molecule has 1 aromatic carbocycles. The third-order valence-electron chi connectivity index (χ3n) is 4.75. The van der Waals surface area contributed by atoms with Crippen LogP contribution in [0.3, 0.4) is 0 Å². The standard InChI is InChI=1S/C20H21N7OS/c1-12(2)27-18-15(10-22-27)14(9-16(23-18)13-7-5-4-6-8-13)19(28)21-11-17-24-25-20(29)26(17)3/h4-10,12H,11H2,1-3H3,(H,21,28)(H,25,29). The lowest BCUT2D eigenvalue weighted by atomic mass is 10.1. The van der Waals surface area contributed by atoms with Crippen LogP contribution in [0.2, 0.25) is 0 Å². The van der Waals surface area contributed by atoms with Gasteiger partial charge < -0.3 is 9.88 Å². The Hall–Kier alpha value is -3.33. The first-order valence-corrected chi connectivity index (χ1v) is 9.68. The molecule has 0 bridgehead atoms. The topological polar surface area (TPSA) is 93.4 Å². The van der Waals surface area contributed by atoms with Gasteiger partial charge in [-0.3, -0.25) is 9.89 Å². The lowest BCUT2D eigenvalue weighted by Crippen LogP contribution is -2.25. The van der Waals surface area contributed by atoms with Gasteiger partial charge in [-0.15, -0.1) is 0 Å². The van der Waals surface area contributed by atoms with E-state index in [2.05, 4.69) is 20.6 Å². The van der Waals surface area contributed by atoms with Crippen molar-refractivity contribution in [1.82, 2.24) is 34.8 Å². The second-order valence-electron chi connectivity index (χ2n) is 7.03. The van der Waals surface area contributed by atoms with E-state index in [4.69, 9.17) is 17.2 Å². The molecule has 9 heteroatoms. The minimum atomic E-state index is -0.216. The molecule has 0 radical (unpaired) electrons. The molecule has 2 N–H and O–H groups in total. The maximum Gasteiger partial charge on any atom is 0.252 e. The zero-order chi connectivity index (χ0) is 20.5. The molecule has 3 aromatic heterocycles. The molecule has 1 amide bonds. The van der Waals surface area contributed by atoms with Crippen LogP contribution in [0.5, 0.6) is 0 Å². The molecule has 0 saturated carbocycles. The number of carbonyl (C=O) groups is 1. The maximum atomic E-state index is 13.1. The summed E-state index contributed by atoms with van der Waals surface area (Å²) in [4.78, 5) is 17.9. The van der Waals surface area contributed by atoms with Gasteiger partial charge in [0.05, 0.1) is 29.4 Å². The molecule has 0 atom stereocenters. The molecule has 4 aromatic rings. The molecule has 3 heterocycles. The average molecular weight is 408 g/mol. The predicted molar refractivity (Wildman–Crippen MR) is 113 cm³/mol. The number of benzene rings is 1. The van der Waals surface area contributed by atoms with E-state index < -0.39 is 0 Å². The molecule has 148 valence electrons. The molecule has 0 aliphatic rings. The number of rotatable bonds is 5. The Labute approximate surface area is 172 Å². The van der Waals surface area contributed by atoms with Gasteiger partial charge in [0.2, 0.25) is 0 Å². The summed E-state index contributed by atoms with van der Waals surface area (Å²) < 4.78 is 4.06. The molecule has 0 aliphatic heterocycles. The van der Waals surface area contributed by atoms with Gasteiger partial charge in [0, 0.05) is 18.7 Å². The van der Waals surface area contributed by atoms with Crippen LogP contribution in [0.1, 0.15) is 36.1 Å². The van der Waals surface area contributed by atoms with E-state index in [9.17, 15) is 4.79 Å². The Balaban J connectivity index is 1.76. The number of aromatic nitrogens is 6. The minimum Gasteiger partial charge on any atom is -0.345 e. The Kier molecular flexibility index (Phi) is 4.98. The molecule has 8 nitrogen and oxygen atoms in total. The van der Waals surface area contributed by atoms with E-state index in [0.29, 0.717) is 27.2 Å². The van der Waals surface area contributed by atoms with Crippen molar-refractivity contribution in [3.8, 4) is 11.3 Å². The summed E-state index contributed by atoms with van der Waals surface area (Å²) in [5.74, 6) is 0.432. The van der Waals surface area contributed by atoms with Crippen LogP contribution >= 0.6 is 12.2 Å². The van der Waals surface area contributed by atoms with Crippen molar-refractivity contribution >= 4 is 29.2 Å². The smallest absolute Gasteiger partial charge is 0.252 e. The number of H-pyrrole nitrogens is 1. The molecule has 0 aliphatic carbocycles. The fourth-order valence-corrected chi connectivity index (χ4v) is 3.28. The first kappa shape index (κ1) is 19.0. The fraction of sp³-hybridized carbons (Fsp3) is 0.250. The highest BCUT2D eigenvalue weighted by atomic mass is 32.1. The largest absolute Gasteiger partial charge is 0.345 e. The molecule has 29 heavy (non-hydrogen) atoms. The van der Waals surface area contributed by atoms with Gasteiger partial charge in [0.15, 0.2) is 16.2 Å². The highest BCUT2D eigenvalue weighted by molar-refractivity contribution is 7.71. The number of hydrogen-bond donors (Lipinski definition) is 2. The first-order valence-electron chi connectivity index (χ1n) is 9.28. The van der Waals surface area contributed by atoms with Gasteiger partial charge in [-0.05, 0) is 32.1 Å². The van der Waals surface area contributed by atoms with Crippen molar-refractivity contribution in [3.05, 3.63) is 58.8 Å². The van der Waals surface area contributed by atoms with Crippen LogP contribution in [0.4, 0.5) is 0 Å². The summed E-state index contributed by atoms with van der Waals surface area (Å²) >= 11 is 5.12. The first-order chi connectivity index (χ1) is 14.0. The van der Waals surface area contributed by atoms with E-state index in [0.717, 1.165) is 11.3 Å². The van der Waals surface area contributed by atoms with E-state index in [1.54, 1.807) is 17.8 Å². The van der Waals surface area contributed by atoms with Crippen molar-refractivity contribution in [1.29, 1.82) is 0 Å². The summed E-state index contributed by atoms with van der Waals surface area (Å²) in [6.07, 6.45) is 1.70. The number of carbonyl (C=O) groups excluding carboxylic acids is 1. The Morgan fingerprint density at radius 2 is 2.03 bits per heavy atom. The highest BCUT2D eigenvalue weighted by Gasteiger charge is 2.19. The Morgan fingerprint density at radius 3 is 2.69 bits per heavy atom. The van der Waals surface area contributed by atoms with Crippen LogP contribution in [0.25, 0.3) is 22.3 Å². The van der Waals surface area contributed by atoms with Crippen LogP contribution < -0.4 is 5.32 Å². The summed E-state index contributed by atoms with van der Waals surface area (Å²) in [5, 5.41) is 14.9. The molecule has 0 saturated heterocycles. The Bertz CT molecular complexity index is 1240. The van der Waals surface area contributed by atoms with Gasteiger partial charge in [0.1, 0.15) is 0 Å². The number of fused-ring (bicyclic) bond motifs is 1. The number of aromatic amines is 1. The quantitative estimate of drug-likeness (QED) is 0.495. The van der Waals surface area contributed by atoms with Gasteiger partial charge in [-0.1, -0.05) is 30.3 Å². The minimum absolute atomic E-state index is 0.121. The summed E-state index contributed by atoms with van der Waals surface area (Å²) in [6.45, 7) is 4.32. The third-order valence-corrected chi connectivity index (χ3v) is 5.11. The van der Waals surface area contributed by atoms with Gasteiger partial charge in [-0.2, -0.15) is 10.2 Å². The number of nitrogens with zero attached hydrogens (tertiary/aromatic N) is 5. The molecule has 4 rings (SSSR count). The lowest BCUT2D eigenvalue weighted by molar-refractivity contribution is 0.0951. The molecule has 0 fully saturated rings. The molecule has 0 spiro atoms. The number of pyridine rings is 1. The second kappa shape index (κ2) is 7.59. The van der Waals surface area contributed by atoms with Crippen molar-refractivity contribution in [2.45, 2.75) is 26.4 Å². The number of nitrogens with one attached hydrogen (secondary N) is 2. The van der Waals surface area contributed by atoms with E-state index in [1.165, 1.54) is 0 Å². The van der Waals surface area contributed by atoms with Crippen molar-refractivity contribution in [3.63, 3.8) is 0 Å². The molecular weight excluding hydrogens is 386 g/mol. The van der Waals surface area contributed by atoms with E-state index in [-0.39, 0.29) is 18.5 Å². The van der Waals surface area contributed by atoms with Gasteiger partial charge >= 0.3 is 0 Å². The average Bonchev–Trinajstić information content (AvgIpc) is 3.30. The van der Waals surface area contributed by atoms with Crippen LogP contribution in [0, 0.1) is 4.77 Å². The van der Waals surface area contributed by atoms with Crippen LogP contribution in [-0.4, -0.2) is 35.4 Å². The normalized spacial score (nSPS) is 11.3. The van der Waals surface area contributed by atoms with Crippen molar-refractivity contribution in [2.75, 3.05) is 0 Å². The van der Waals surface area contributed by atoms with Gasteiger partial charge in [-0.25, -0.2) is 9.67 Å². The summed E-state index contributed by atoms with van der Waals surface area (Å²) in [6, 6.07) is 11.7. The van der Waals surface area contributed by atoms with Crippen molar-refractivity contribution in [2.24, 2.45) is 7.05 Å². The van der Waals surface area contributed by atoms with Crippen LogP contribution in [0.15, 0.2) is 42.6 Å². The van der Waals surface area contributed by atoms with Crippen LogP contribution in [-0.2, 0) is 13.6 Å². The highest BCUT2D eigenvalue weighted by Crippen LogP contribution is 2.26. The molecule has 0 unspecified atom stereocenters. The zero-order valence-electron chi connectivity index (χ0n) is 16.4. The third kappa shape index (κ3) is 3.56. The lowest BCUT2D eigenvalue weighted by Gasteiger charge is -2.11. The number of amides is 1. The van der Waals surface area contributed by atoms with Gasteiger partial charge in [0.25, 0.3) is 5.91 Å². The SMILES string of the molecule is CC(C)n1ncc2c(C(=O)NCc3n[nH]c(=S)n3C)cc(-c3ccccc3)nc21. The van der Waals surface area contributed by atoms with Crippen molar-refractivity contribution < 1.29 is 4.79 Å². The maximum absolute atomic E-state index is 13.1. The summed E-state index contributed by atoms with van der Waals surface area (Å²) in [5.41, 5.74) is 2.88. The zero-order valence-corrected chi connectivity index (χ0v) is 17.2. The number of hydrogen-bond acceptors (Lipinski definition) is 5. The van der Waals surface area contributed by atoms with E-state index in [1.807, 2.05) is 54.9 Å². The van der Waals surface area contributed by atoms with E-state index >= 15 is 0 Å². The fourth-order valence-electron chi connectivity index (χ4n) is 3.13. The monoisotopic (exact) mass is 407 g/mol. The Morgan fingerprint density at radius 1 is 1.28 bits per heavy atom. The molecular formula is C20H21N7OS. The predicted octanol–water partition coefficient (Wildman–Crippen LogP) is 3.40. The second-order valence-corrected chi connectivity index (χ2v) is 7.41. The summed E-state index contributed by atoms with van der Waals surface area (Å²) in [7, 11) is 1.80.